The lowest BCUT2D eigenvalue weighted by atomic mass is 10.1. The lowest BCUT2D eigenvalue weighted by Gasteiger charge is -2.14. The number of thioether (sulfide) groups is 1. The first-order chi connectivity index (χ1) is 13.8. The van der Waals surface area contributed by atoms with Gasteiger partial charge in [-0.25, -0.2) is 9.59 Å². The Balaban J connectivity index is 1.73. The van der Waals surface area contributed by atoms with Crippen molar-refractivity contribution in [3.63, 3.8) is 0 Å². The van der Waals surface area contributed by atoms with E-state index in [4.69, 9.17) is 9.26 Å². The lowest BCUT2D eigenvalue weighted by molar-refractivity contribution is -0.138. The molecule has 9 nitrogen and oxygen atoms in total. The first kappa shape index (κ1) is 22.3. The first-order valence-electron chi connectivity index (χ1n) is 8.89. The quantitative estimate of drug-likeness (QED) is 0.534. The molecular weight excluding hydrogens is 398 g/mol. The van der Waals surface area contributed by atoms with Gasteiger partial charge in [0.1, 0.15) is 12.6 Å². The molecule has 0 spiro atoms. The molecule has 1 heterocycles. The zero-order valence-electron chi connectivity index (χ0n) is 16.1. The Bertz CT molecular complexity index is 824. The maximum absolute atomic E-state index is 11.9. The van der Waals surface area contributed by atoms with Crippen molar-refractivity contribution in [3.8, 4) is 0 Å². The summed E-state index contributed by atoms with van der Waals surface area (Å²) in [4.78, 5) is 35.1. The maximum atomic E-state index is 11.9. The van der Waals surface area contributed by atoms with Crippen LogP contribution in [0.15, 0.2) is 40.9 Å². The van der Waals surface area contributed by atoms with Crippen LogP contribution in [-0.2, 0) is 20.9 Å². The summed E-state index contributed by atoms with van der Waals surface area (Å²) in [5.74, 6) is -1.19. The van der Waals surface area contributed by atoms with Gasteiger partial charge in [-0.3, -0.25) is 10.1 Å². The van der Waals surface area contributed by atoms with Crippen LogP contribution in [0.1, 0.15) is 31.0 Å². The van der Waals surface area contributed by atoms with Crippen LogP contribution in [0.3, 0.4) is 0 Å². The van der Waals surface area contributed by atoms with E-state index >= 15 is 0 Å². The zero-order valence-corrected chi connectivity index (χ0v) is 16.9. The molecule has 1 aromatic heterocycles. The molecule has 1 aromatic carbocycles. The fraction of sp³-hybridized carbons (Fsp3) is 0.368. The van der Waals surface area contributed by atoms with Gasteiger partial charge in [-0.1, -0.05) is 49.3 Å². The molecule has 0 bridgehead atoms. The SMILES string of the molecule is CC(C)c1cc(NC(=O)CSCC(NC(=O)OCc2ccccc2)C(=O)O)on1. The molecule has 2 rings (SSSR count). The Hall–Kier alpha value is -3.01. The molecule has 0 fully saturated rings. The molecular formula is C19H23N3O6S. The van der Waals surface area contributed by atoms with Crippen LogP contribution in [0.5, 0.6) is 0 Å². The van der Waals surface area contributed by atoms with Gasteiger partial charge in [-0.2, -0.15) is 0 Å². The number of carbonyl (C=O) groups is 3. The highest BCUT2D eigenvalue weighted by Gasteiger charge is 2.21. The summed E-state index contributed by atoms with van der Waals surface area (Å²) in [6.45, 7) is 3.93. The summed E-state index contributed by atoms with van der Waals surface area (Å²) in [6.07, 6.45) is -0.839. The van der Waals surface area contributed by atoms with E-state index in [-0.39, 0.29) is 35.8 Å². The Morgan fingerprint density at radius 1 is 1.24 bits per heavy atom. The van der Waals surface area contributed by atoms with Gasteiger partial charge < -0.3 is 19.7 Å². The van der Waals surface area contributed by atoms with Crippen LogP contribution in [-0.4, -0.2) is 45.8 Å². The van der Waals surface area contributed by atoms with Crippen LogP contribution in [0.2, 0.25) is 0 Å². The molecule has 0 aliphatic heterocycles. The Kier molecular flexibility index (Phi) is 8.53. The predicted molar refractivity (Wildman–Crippen MR) is 108 cm³/mol. The second kappa shape index (κ2) is 11.1. The number of anilines is 1. The van der Waals surface area contributed by atoms with E-state index in [0.29, 0.717) is 0 Å². The smallest absolute Gasteiger partial charge is 0.408 e. The molecule has 29 heavy (non-hydrogen) atoms. The van der Waals surface area contributed by atoms with Crippen molar-refractivity contribution < 1.29 is 28.8 Å². The number of carboxylic acids is 1. The van der Waals surface area contributed by atoms with Crippen LogP contribution in [0.4, 0.5) is 10.7 Å². The number of hydrogen-bond donors (Lipinski definition) is 3. The van der Waals surface area contributed by atoms with Crippen molar-refractivity contribution in [3.05, 3.63) is 47.7 Å². The number of aromatic nitrogens is 1. The van der Waals surface area contributed by atoms with E-state index in [1.54, 1.807) is 30.3 Å². The number of carboxylic acid groups (broad SMARTS) is 1. The first-order valence-corrected chi connectivity index (χ1v) is 10.0. The third-order valence-corrected chi connectivity index (χ3v) is 4.74. The molecule has 0 aliphatic rings. The van der Waals surface area contributed by atoms with Gasteiger partial charge in [-0.05, 0) is 11.5 Å². The zero-order chi connectivity index (χ0) is 21.2. The van der Waals surface area contributed by atoms with Gasteiger partial charge in [0, 0.05) is 11.8 Å². The second-order valence-electron chi connectivity index (χ2n) is 6.43. The van der Waals surface area contributed by atoms with E-state index in [1.807, 2.05) is 19.9 Å². The normalized spacial score (nSPS) is 11.7. The highest BCUT2D eigenvalue weighted by molar-refractivity contribution is 8.00. The average Bonchev–Trinajstić information content (AvgIpc) is 3.15. The third kappa shape index (κ3) is 7.86. The van der Waals surface area contributed by atoms with Crippen LogP contribution in [0.25, 0.3) is 0 Å². The second-order valence-corrected chi connectivity index (χ2v) is 7.46. The van der Waals surface area contributed by atoms with E-state index in [9.17, 15) is 19.5 Å². The molecule has 2 aromatic rings. The van der Waals surface area contributed by atoms with Gasteiger partial charge in [0.05, 0.1) is 11.4 Å². The number of amides is 2. The fourth-order valence-electron chi connectivity index (χ4n) is 2.14. The highest BCUT2D eigenvalue weighted by Crippen LogP contribution is 2.17. The Morgan fingerprint density at radius 2 is 1.97 bits per heavy atom. The summed E-state index contributed by atoms with van der Waals surface area (Å²) in [7, 11) is 0. The molecule has 0 aliphatic carbocycles. The summed E-state index contributed by atoms with van der Waals surface area (Å²) in [5, 5.41) is 17.9. The van der Waals surface area contributed by atoms with E-state index in [0.717, 1.165) is 23.0 Å². The fourth-order valence-corrected chi connectivity index (χ4v) is 2.98. The largest absolute Gasteiger partial charge is 0.480 e. The summed E-state index contributed by atoms with van der Waals surface area (Å²) in [6, 6.07) is 9.47. The number of ether oxygens (including phenoxy) is 1. The van der Waals surface area contributed by atoms with Gasteiger partial charge in [0.2, 0.25) is 11.8 Å². The van der Waals surface area contributed by atoms with Crippen LogP contribution >= 0.6 is 11.8 Å². The maximum Gasteiger partial charge on any atom is 0.408 e. The molecule has 10 heteroatoms. The number of nitrogens with zero attached hydrogens (tertiary/aromatic N) is 1. The highest BCUT2D eigenvalue weighted by atomic mass is 32.2. The monoisotopic (exact) mass is 421 g/mol. The number of benzene rings is 1. The van der Waals surface area contributed by atoms with Gasteiger partial charge >= 0.3 is 12.1 Å². The number of aliphatic carboxylic acids is 1. The van der Waals surface area contributed by atoms with Crippen molar-refractivity contribution >= 4 is 35.6 Å². The van der Waals surface area contributed by atoms with E-state index in [1.165, 1.54) is 0 Å². The van der Waals surface area contributed by atoms with Crippen molar-refractivity contribution in [1.29, 1.82) is 0 Å². The number of carbonyl (C=O) groups excluding carboxylic acids is 2. The molecule has 0 saturated heterocycles. The molecule has 156 valence electrons. The molecule has 1 atom stereocenters. The Labute approximate surface area is 172 Å². The summed E-state index contributed by atoms with van der Waals surface area (Å²) < 4.78 is 10.0. The number of nitrogens with one attached hydrogen (secondary N) is 2. The molecule has 0 saturated carbocycles. The van der Waals surface area contributed by atoms with Gasteiger partial charge in [0.25, 0.3) is 0 Å². The minimum Gasteiger partial charge on any atom is -0.480 e. The topological polar surface area (TPSA) is 131 Å². The molecule has 2 amide bonds. The predicted octanol–water partition coefficient (Wildman–Crippen LogP) is 2.85. The van der Waals surface area contributed by atoms with Crippen molar-refractivity contribution in [1.82, 2.24) is 10.5 Å². The standard InChI is InChI=1S/C19H23N3O6S/c1-12(2)14-8-17(28-22-14)21-16(23)11-29-10-15(18(24)25)20-19(26)27-9-13-6-4-3-5-7-13/h3-8,12,15H,9-11H2,1-2H3,(H,20,26)(H,21,23)(H,24,25). The van der Waals surface area contributed by atoms with Crippen molar-refractivity contribution in [2.45, 2.75) is 32.4 Å². The summed E-state index contributed by atoms with van der Waals surface area (Å²) >= 11 is 1.06. The number of alkyl carbamates (subject to hydrolysis) is 1. The molecule has 0 radical (unpaired) electrons. The van der Waals surface area contributed by atoms with Crippen LogP contribution < -0.4 is 10.6 Å². The van der Waals surface area contributed by atoms with Crippen molar-refractivity contribution in [2.24, 2.45) is 0 Å². The van der Waals surface area contributed by atoms with Crippen molar-refractivity contribution in [2.75, 3.05) is 16.8 Å². The minimum absolute atomic E-state index is 0.00314. The number of rotatable bonds is 10. The lowest BCUT2D eigenvalue weighted by Crippen LogP contribution is -2.43. The third-order valence-electron chi connectivity index (χ3n) is 3.70. The average molecular weight is 421 g/mol. The summed E-state index contributed by atoms with van der Waals surface area (Å²) in [5.41, 5.74) is 1.51. The van der Waals surface area contributed by atoms with Crippen LogP contribution in [0, 0.1) is 0 Å². The van der Waals surface area contributed by atoms with Gasteiger partial charge in [-0.15, -0.1) is 11.8 Å². The number of hydrogen-bond acceptors (Lipinski definition) is 7. The Morgan fingerprint density at radius 3 is 2.59 bits per heavy atom. The molecule has 3 N–H and O–H groups in total. The van der Waals surface area contributed by atoms with E-state index < -0.39 is 18.1 Å². The van der Waals surface area contributed by atoms with Gasteiger partial charge in [0.15, 0.2) is 0 Å². The van der Waals surface area contributed by atoms with E-state index in [2.05, 4.69) is 15.8 Å². The molecule has 1 unspecified atom stereocenters. The minimum atomic E-state index is -1.22.